The molecule has 0 bridgehead atoms. The number of fused-ring (bicyclic) bond motifs is 1. The minimum atomic E-state index is -1.06. The molecule has 0 amide bonds. The van der Waals surface area contributed by atoms with Crippen molar-refractivity contribution in [3.8, 4) is 0 Å². The molecule has 0 radical (unpaired) electrons. The van der Waals surface area contributed by atoms with Gasteiger partial charge in [0.15, 0.2) is 5.65 Å². The van der Waals surface area contributed by atoms with Gasteiger partial charge in [-0.3, -0.25) is 5.84 Å². The molecule has 31 heavy (non-hydrogen) atoms. The molecular weight excluding hydrogens is 399 g/mol. The van der Waals surface area contributed by atoms with Crippen LogP contribution in [0.25, 0.3) is 5.65 Å². The Balaban J connectivity index is 1.46. The van der Waals surface area contributed by atoms with E-state index in [2.05, 4.69) is 15.0 Å². The van der Waals surface area contributed by atoms with Gasteiger partial charge in [-0.25, -0.2) is 23.7 Å². The summed E-state index contributed by atoms with van der Waals surface area (Å²) in [6.45, 7) is 1.50. The Hall–Kier alpha value is -3.04. The van der Waals surface area contributed by atoms with Crippen LogP contribution in [-0.2, 0) is 6.42 Å². The van der Waals surface area contributed by atoms with Gasteiger partial charge < -0.3 is 10.0 Å². The van der Waals surface area contributed by atoms with E-state index < -0.39 is 5.97 Å². The predicted octanol–water partition coefficient (Wildman–Crippen LogP) is 2.79. The van der Waals surface area contributed by atoms with Crippen molar-refractivity contribution >= 4 is 17.4 Å². The van der Waals surface area contributed by atoms with Crippen LogP contribution in [0.15, 0.2) is 36.7 Å². The SMILES string of the molecule is NN(CCc1ccc(F)cc1[C@H]1CCCN1c1ccn2ncc(C(=O)O)c2n1)C1CC1. The molecule has 3 N–H and O–H groups in total. The van der Waals surface area contributed by atoms with E-state index in [4.69, 9.17) is 5.84 Å². The number of nitrogens with two attached hydrogens (primary N) is 1. The van der Waals surface area contributed by atoms with E-state index in [0.29, 0.717) is 17.5 Å². The van der Waals surface area contributed by atoms with Crippen molar-refractivity contribution in [3.05, 3.63) is 59.2 Å². The molecule has 5 rings (SSSR count). The van der Waals surface area contributed by atoms with Crippen molar-refractivity contribution in [1.29, 1.82) is 0 Å². The fraction of sp³-hybridized carbons (Fsp3) is 0.409. The molecule has 2 fully saturated rings. The van der Waals surface area contributed by atoms with Crippen LogP contribution in [0.3, 0.4) is 0 Å². The first kappa shape index (κ1) is 19.9. The molecule has 3 heterocycles. The largest absolute Gasteiger partial charge is 0.477 e. The van der Waals surface area contributed by atoms with Gasteiger partial charge in [-0.15, -0.1) is 0 Å². The van der Waals surface area contributed by atoms with E-state index in [0.717, 1.165) is 56.3 Å². The predicted molar refractivity (Wildman–Crippen MR) is 113 cm³/mol. The molecule has 2 aromatic heterocycles. The Kier molecular flexibility index (Phi) is 5.07. The normalized spacial score (nSPS) is 18.9. The highest BCUT2D eigenvalue weighted by Crippen LogP contribution is 2.37. The molecule has 162 valence electrons. The third kappa shape index (κ3) is 3.86. The van der Waals surface area contributed by atoms with Gasteiger partial charge in [-0.2, -0.15) is 5.10 Å². The highest BCUT2D eigenvalue weighted by Gasteiger charge is 2.31. The third-order valence-corrected chi connectivity index (χ3v) is 6.25. The second-order valence-corrected chi connectivity index (χ2v) is 8.33. The molecule has 1 aromatic carbocycles. The molecule has 1 aliphatic carbocycles. The summed E-state index contributed by atoms with van der Waals surface area (Å²) >= 11 is 0. The summed E-state index contributed by atoms with van der Waals surface area (Å²) in [5.74, 6) is 5.49. The lowest BCUT2D eigenvalue weighted by Crippen LogP contribution is -2.35. The molecule has 1 atom stereocenters. The maximum absolute atomic E-state index is 14.2. The Morgan fingerprint density at radius 1 is 1.29 bits per heavy atom. The van der Waals surface area contributed by atoms with E-state index in [1.165, 1.54) is 16.8 Å². The number of aromatic carboxylic acids is 1. The Labute approximate surface area is 179 Å². The Morgan fingerprint density at radius 2 is 2.13 bits per heavy atom. The van der Waals surface area contributed by atoms with Gasteiger partial charge >= 0.3 is 5.97 Å². The number of aromatic nitrogens is 3. The first-order valence-electron chi connectivity index (χ1n) is 10.7. The van der Waals surface area contributed by atoms with Gasteiger partial charge in [0, 0.05) is 25.3 Å². The second kappa shape index (κ2) is 7.90. The van der Waals surface area contributed by atoms with E-state index in [9.17, 15) is 14.3 Å². The number of nitrogens with zero attached hydrogens (tertiary/aromatic N) is 5. The molecule has 1 saturated heterocycles. The van der Waals surface area contributed by atoms with Crippen LogP contribution in [0.1, 0.15) is 53.2 Å². The smallest absolute Gasteiger partial charge is 0.341 e. The molecule has 3 aromatic rings. The standard InChI is InChI=1S/C22H25FN6O2/c23-15-4-3-14(7-10-28(24)16-5-6-16)17(12-15)19-2-1-9-27(19)20-8-11-29-21(26-20)18(13-25-29)22(30)31/h3-4,8,11-13,16,19H,1-2,5-7,9-10,24H2,(H,30,31)/t19-/m1/s1. The van der Waals surface area contributed by atoms with Crippen molar-refractivity contribution in [2.24, 2.45) is 5.84 Å². The zero-order valence-electron chi connectivity index (χ0n) is 17.1. The number of rotatable bonds is 7. The number of halogens is 1. The van der Waals surface area contributed by atoms with Crippen LogP contribution in [0.5, 0.6) is 0 Å². The van der Waals surface area contributed by atoms with Crippen LogP contribution in [0.4, 0.5) is 10.2 Å². The summed E-state index contributed by atoms with van der Waals surface area (Å²) in [6.07, 6.45) is 7.89. The molecule has 0 unspecified atom stereocenters. The lowest BCUT2D eigenvalue weighted by atomic mass is 9.96. The molecule has 2 aliphatic rings. The summed E-state index contributed by atoms with van der Waals surface area (Å²) in [4.78, 5) is 18.2. The maximum atomic E-state index is 14.2. The number of anilines is 1. The van der Waals surface area contributed by atoms with Gasteiger partial charge in [0.2, 0.25) is 0 Å². The van der Waals surface area contributed by atoms with Gasteiger partial charge in [0.25, 0.3) is 0 Å². The Morgan fingerprint density at radius 3 is 2.90 bits per heavy atom. The van der Waals surface area contributed by atoms with E-state index >= 15 is 0 Å². The number of carboxylic acids is 1. The topological polar surface area (TPSA) is 100.0 Å². The zero-order chi connectivity index (χ0) is 21.5. The van der Waals surface area contributed by atoms with Crippen LogP contribution < -0.4 is 10.7 Å². The van der Waals surface area contributed by atoms with Crippen molar-refractivity contribution < 1.29 is 14.3 Å². The third-order valence-electron chi connectivity index (χ3n) is 6.25. The molecule has 1 saturated carbocycles. The molecule has 8 nitrogen and oxygen atoms in total. The summed E-state index contributed by atoms with van der Waals surface area (Å²) in [7, 11) is 0. The number of carboxylic acid groups (broad SMARTS) is 1. The quantitative estimate of drug-likeness (QED) is 0.444. The minimum absolute atomic E-state index is 0.0241. The minimum Gasteiger partial charge on any atom is -0.477 e. The number of hydrogen-bond donors (Lipinski definition) is 2. The first-order valence-corrected chi connectivity index (χ1v) is 10.7. The lowest BCUT2D eigenvalue weighted by molar-refractivity contribution is 0.0698. The molecule has 0 spiro atoms. The fourth-order valence-electron chi connectivity index (χ4n) is 4.48. The van der Waals surface area contributed by atoms with Crippen molar-refractivity contribution in [2.75, 3.05) is 18.0 Å². The average Bonchev–Trinajstić information content (AvgIpc) is 3.34. The first-order chi connectivity index (χ1) is 15.0. The fourth-order valence-corrected chi connectivity index (χ4v) is 4.48. The second-order valence-electron chi connectivity index (χ2n) is 8.33. The lowest BCUT2D eigenvalue weighted by Gasteiger charge is -2.28. The number of benzene rings is 1. The van der Waals surface area contributed by atoms with Crippen molar-refractivity contribution in [2.45, 2.75) is 44.2 Å². The summed E-state index contributed by atoms with van der Waals surface area (Å²) < 4.78 is 15.7. The van der Waals surface area contributed by atoms with Gasteiger partial charge in [0.05, 0.1) is 12.2 Å². The Bertz CT molecular complexity index is 1130. The van der Waals surface area contributed by atoms with E-state index in [-0.39, 0.29) is 17.4 Å². The van der Waals surface area contributed by atoms with Gasteiger partial charge in [-0.05, 0) is 61.4 Å². The van der Waals surface area contributed by atoms with Gasteiger partial charge in [-0.1, -0.05) is 6.07 Å². The average molecular weight is 424 g/mol. The highest BCUT2D eigenvalue weighted by molar-refractivity contribution is 5.94. The molecular formula is C22H25FN6O2. The van der Waals surface area contributed by atoms with E-state index in [1.54, 1.807) is 12.3 Å². The summed E-state index contributed by atoms with van der Waals surface area (Å²) in [5.41, 5.74) is 2.41. The van der Waals surface area contributed by atoms with Crippen LogP contribution in [0, 0.1) is 5.82 Å². The van der Waals surface area contributed by atoms with E-state index in [1.807, 2.05) is 17.1 Å². The van der Waals surface area contributed by atoms with Crippen LogP contribution in [0.2, 0.25) is 0 Å². The zero-order valence-corrected chi connectivity index (χ0v) is 17.1. The number of hydrazine groups is 1. The monoisotopic (exact) mass is 424 g/mol. The van der Waals surface area contributed by atoms with Crippen molar-refractivity contribution in [1.82, 2.24) is 19.6 Å². The van der Waals surface area contributed by atoms with Crippen molar-refractivity contribution in [3.63, 3.8) is 0 Å². The van der Waals surface area contributed by atoms with Crippen LogP contribution in [-0.4, -0.2) is 49.8 Å². The number of hydrogen-bond acceptors (Lipinski definition) is 6. The maximum Gasteiger partial charge on any atom is 0.341 e. The summed E-state index contributed by atoms with van der Waals surface area (Å²) in [6, 6.07) is 7.27. The van der Waals surface area contributed by atoms with Crippen LogP contribution >= 0.6 is 0 Å². The number of carbonyl (C=O) groups is 1. The molecule has 1 aliphatic heterocycles. The molecule has 9 heteroatoms. The van der Waals surface area contributed by atoms with Gasteiger partial charge in [0.1, 0.15) is 17.2 Å². The summed E-state index contributed by atoms with van der Waals surface area (Å²) in [5, 5.41) is 15.4. The highest BCUT2D eigenvalue weighted by atomic mass is 19.1.